The zero-order chi connectivity index (χ0) is 8.43. The quantitative estimate of drug-likeness (QED) is 0.572. The van der Waals surface area contributed by atoms with E-state index in [4.69, 9.17) is 4.74 Å². The van der Waals surface area contributed by atoms with Crippen LogP contribution in [0.5, 0.6) is 0 Å². The zero-order valence-corrected chi connectivity index (χ0v) is 7.51. The molecule has 0 saturated heterocycles. The van der Waals surface area contributed by atoms with Gasteiger partial charge in [-0.1, -0.05) is 13.8 Å². The summed E-state index contributed by atoms with van der Waals surface area (Å²) in [5.74, 6) is 0.525. The molecule has 4 unspecified atom stereocenters. The van der Waals surface area contributed by atoms with Crippen LogP contribution in [0, 0.1) is 11.8 Å². The molecule has 1 aliphatic carbocycles. The molecule has 2 heteroatoms. The van der Waals surface area contributed by atoms with Gasteiger partial charge < -0.3 is 4.74 Å². The van der Waals surface area contributed by atoms with Crippen molar-refractivity contribution in [2.24, 2.45) is 11.8 Å². The molecule has 66 valence electrons. The summed E-state index contributed by atoms with van der Waals surface area (Å²) in [7, 11) is 1.71. The lowest BCUT2D eigenvalue weighted by molar-refractivity contribution is -0.0231. The van der Waals surface area contributed by atoms with E-state index in [9.17, 15) is 4.39 Å². The lowest BCUT2D eigenvalue weighted by atomic mass is 9.78. The van der Waals surface area contributed by atoms with Crippen molar-refractivity contribution in [3.8, 4) is 0 Å². The molecule has 0 aliphatic heterocycles. The van der Waals surface area contributed by atoms with Gasteiger partial charge in [-0.15, -0.1) is 0 Å². The maximum absolute atomic E-state index is 13.1. The summed E-state index contributed by atoms with van der Waals surface area (Å²) >= 11 is 0. The van der Waals surface area contributed by atoms with Crippen LogP contribution in [0.4, 0.5) is 4.39 Å². The molecule has 4 atom stereocenters. The van der Waals surface area contributed by atoms with Crippen LogP contribution in [-0.4, -0.2) is 19.4 Å². The Kier molecular flexibility index (Phi) is 2.88. The SMILES string of the molecule is COC1CCC(F)C(C)C1C. The number of ether oxygens (including phenoxy) is 1. The molecule has 11 heavy (non-hydrogen) atoms. The Balaban J connectivity index is 2.52. The van der Waals surface area contributed by atoms with Crippen molar-refractivity contribution in [3.05, 3.63) is 0 Å². The molecule has 1 rings (SSSR count). The number of alkyl halides is 1. The van der Waals surface area contributed by atoms with Gasteiger partial charge in [0.15, 0.2) is 0 Å². The first-order valence-electron chi connectivity index (χ1n) is 4.33. The first-order chi connectivity index (χ1) is 5.16. The van der Waals surface area contributed by atoms with Crippen molar-refractivity contribution < 1.29 is 9.13 Å². The average Bonchev–Trinajstić information content (AvgIpc) is 2.01. The highest BCUT2D eigenvalue weighted by atomic mass is 19.1. The second-order valence-corrected chi connectivity index (χ2v) is 3.59. The third kappa shape index (κ3) is 1.73. The molecular weight excluding hydrogens is 143 g/mol. The Morgan fingerprint density at radius 3 is 2.36 bits per heavy atom. The van der Waals surface area contributed by atoms with Crippen molar-refractivity contribution in [2.75, 3.05) is 7.11 Å². The Morgan fingerprint density at radius 1 is 1.18 bits per heavy atom. The van der Waals surface area contributed by atoms with Crippen molar-refractivity contribution in [1.82, 2.24) is 0 Å². The van der Waals surface area contributed by atoms with E-state index < -0.39 is 6.17 Å². The van der Waals surface area contributed by atoms with Gasteiger partial charge in [0.2, 0.25) is 0 Å². The highest BCUT2D eigenvalue weighted by Gasteiger charge is 2.33. The molecule has 1 saturated carbocycles. The van der Waals surface area contributed by atoms with Gasteiger partial charge >= 0.3 is 0 Å². The molecule has 0 aromatic carbocycles. The van der Waals surface area contributed by atoms with E-state index in [1.165, 1.54) is 0 Å². The molecule has 0 amide bonds. The highest BCUT2D eigenvalue weighted by Crippen LogP contribution is 2.33. The Morgan fingerprint density at radius 2 is 1.82 bits per heavy atom. The monoisotopic (exact) mass is 160 g/mol. The first-order valence-corrected chi connectivity index (χ1v) is 4.33. The fourth-order valence-electron chi connectivity index (χ4n) is 1.85. The van der Waals surface area contributed by atoms with Crippen LogP contribution in [0.1, 0.15) is 26.7 Å². The summed E-state index contributed by atoms with van der Waals surface area (Å²) in [4.78, 5) is 0. The van der Waals surface area contributed by atoms with Crippen LogP contribution < -0.4 is 0 Å². The smallest absolute Gasteiger partial charge is 0.103 e. The van der Waals surface area contributed by atoms with E-state index in [-0.39, 0.29) is 12.0 Å². The summed E-state index contributed by atoms with van der Waals surface area (Å²) < 4.78 is 18.3. The summed E-state index contributed by atoms with van der Waals surface area (Å²) in [5, 5.41) is 0. The maximum atomic E-state index is 13.1. The fraction of sp³-hybridized carbons (Fsp3) is 1.00. The summed E-state index contributed by atoms with van der Waals surface area (Å²) in [6.45, 7) is 4.05. The van der Waals surface area contributed by atoms with Crippen molar-refractivity contribution >= 4 is 0 Å². The van der Waals surface area contributed by atoms with Gasteiger partial charge in [0.05, 0.1) is 6.10 Å². The fourth-order valence-corrected chi connectivity index (χ4v) is 1.85. The number of hydrogen-bond donors (Lipinski definition) is 0. The van der Waals surface area contributed by atoms with E-state index in [2.05, 4.69) is 6.92 Å². The summed E-state index contributed by atoms with van der Waals surface area (Å²) in [6.07, 6.45) is 1.21. The molecule has 0 bridgehead atoms. The Hall–Kier alpha value is -0.110. The van der Waals surface area contributed by atoms with Crippen LogP contribution in [0.3, 0.4) is 0 Å². The Labute approximate surface area is 67.9 Å². The van der Waals surface area contributed by atoms with E-state index in [0.29, 0.717) is 12.3 Å². The van der Waals surface area contributed by atoms with E-state index >= 15 is 0 Å². The second kappa shape index (κ2) is 3.53. The van der Waals surface area contributed by atoms with Gasteiger partial charge in [-0.05, 0) is 24.7 Å². The summed E-state index contributed by atoms with van der Waals surface area (Å²) in [5.41, 5.74) is 0. The zero-order valence-electron chi connectivity index (χ0n) is 7.51. The molecule has 0 spiro atoms. The minimum absolute atomic E-state index is 0.161. The number of methoxy groups -OCH3 is 1. The molecule has 0 aromatic heterocycles. The van der Waals surface area contributed by atoms with Crippen molar-refractivity contribution in [3.63, 3.8) is 0 Å². The maximum Gasteiger partial charge on any atom is 0.103 e. The van der Waals surface area contributed by atoms with Crippen molar-refractivity contribution in [2.45, 2.75) is 39.0 Å². The van der Waals surface area contributed by atoms with E-state index in [1.807, 2.05) is 6.92 Å². The second-order valence-electron chi connectivity index (χ2n) is 3.59. The molecule has 1 fully saturated rings. The predicted octanol–water partition coefficient (Wildman–Crippen LogP) is 2.41. The molecular formula is C9H17FO. The van der Waals surface area contributed by atoms with Crippen LogP contribution in [0.2, 0.25) is 0 Å². The average molecular weight is 160 g/mol. The standard InChI is InChI=1S/C9H17FO/c1-6-7(2)9(11-3)5-4-8(6)10/h6-9H,4-5H2,1-3H3. The van der Waals surface area contributed by atoms with Crippen LogP contribution in [0.25, 0.3) is 0 Å². The van der Waals surface area contributed by atoms with E-state index in [0.717, 1.165) is 6.42 Å². The lowest BCUT2D eigenvalue weighted by Crippen LogP contribution is -2.36. The van der Waals surface area contributed by atoms with Crippen LogP contribution in [-0.2, 0) is 4.74 Å². The highest BCUT2D eigenvalue weighted by molar-refractivity contribution is 4.83. The summed E-state index contributed by atoms with van der Waals surface area (Å²) in [6, 6.07) is 0. The minimum atomic E-state index is -0.614. The predicted molar refractivity (Wildman–Crippen MR) is 43.3 cm³/mol. The van der Waals surface area contributed by atoms with Gasteiger partial charge in [-0.2, -0.15) is 0 Å². The third-order valence-electron chi connectivity index (χ3n) is 3.02. The van der Waals surface area contributed by atoms with Gasteiger partial charge in [-0.25, -0.2) is 4.39 Å². The number of hydrogen-bond acceptors (Lipinski definition) is 1. The van der Waals surface area contributed by atoms with Gasteiger partial charge in [0.1, 0.15) is 6.17 Å². The van der Waals surface area contributed by atoms with Crippen molar-refractivity contribution in [1.29, 1.82) is 0 Å². The lowest BCUT2D eigenvalue weighted by Gasteiger charge is -2.35. The van der Waals surface area contributed by atoms with Crippen LogP contribution in [0.15, 0.2) is 0 Å². The molecule has 1 nitrogen and oxygen atoms in total. The minimum Gasteiger partial charge on any atom is -0.381 e. The third-order valence-corrected chi connectivity index (χ3v) is 3.02. The molecule has 0 heterocycles. The molecule has 1 aliphatic rings. The molecule has 0 N–H and O–H groups in total. The van der Waals surface area contributed by atoms with Crippen LogP contribution >= 0.6 is 0 Å². The van der Waals surface area contributed by atoms with E-state index in [1.54, 1.807) is 7.11 Å². The molecule has 0 aromatic rings. The number of halogens is 1. The Bertz CT molecular complexity index is 125. The molecule has 0 radical (unpaired) electrons. The van der Waals surface area contributed by atoms with Gasteiger partial charge in [-0.3, -0.25) is 0 Å². The first kappa shape index (κ1) is 8.98. The van der Waals surface area contributed by atoms with Gasteiger partial charge in [0, 0.05) is 7.11 Å². The normalized spacial score (nSPS) is 45.8. The van der Waals surface area contributed by atoms with Gasteiger partial charge in [0.25, 0.3) is 0 Å². The largest absolute Gasteiger partial charge is 0.381 e. The topological polar surface area (TPSA) is 9.23 Å². The number of rotatable bonds is 1.